The van der Waals surface area contributed by atoms with Gasteiger partial charge in [-0.15, -0.1) is 0 Å². The Hall–Kier alpha value is -7.29. The van der Waals surface area contributed by atoms with Gasteiger partial charge in [-0.05, 0) is 128 Å². The van der Waals surface area contributed by atoms with Gasteiger partial charge in [0.25, 0.3) is 0 Å². The van der Waals surface area contributed by atoms with Crippen LogP contribution in [0.15, 0.2) is 147 Å². The van der Waals surface area contributed by atoms with E-state index in [0.29, 0.717) is 42.0 Å². The summed E-state index contributed by atoms with van der Waals surface area (Å²) in [5.74, 6) is 1.55. The molecule has 3 aromatic rings. The summed E-state index contributed by atoms with van der Waals surface area (Å²) < 4.78 is 13.1. The lowest BCUT2D eigenvalue weighted by atomic mass is 9.70. The molecule has 1 amide bonds. The van der Waals surface area contributed by atoms with Crippen LogP contribution in [0.25, 0.3) is 10.4 Å². The largest absolute Gasteiger partial charge is 0.480 e. The Balaban J connectivity index is 1.36. The molecule has 1 aliphatic carbocycles. The van der Waals surface area contributed by atoms with E-state index < -0.39 is 5.60 Å². The van der Waals surface area contributed by atoms with Crippen LogP contribution in [0.1, 0.15) is 105 Å². The summed E-state index contributed by atoms with van der Waals surface area (Å²) in [6, 6.07) is 29.3. The first-order chi connectivity index (χ1) is 32.0. The fourth-order valence-electron chi connectivity index (χ4n) is 9.00. The SMILES string of the molecule is CC1(C)OC(=C(C#N)C#N)C(C#N)=C1/C=C/C1=C(Oc2ccc(CCCO)cc2)C(=C/C=C2/N(CCCCCC(=O)Nc3ccc(N=[N+]=[N-])cc3)c3ccccc3C2(C)C)/CC(C(C)(C)C)C1. The van der Waals surface area contributed by atoms with Crippen LogP contribution in [0.4, 0.5) is 17.1 Å². The number of fused-ring (bicyclic) bond motifs is 1. The normalized spacial score (nSPS) is 18.6. The van der Waals surface area contributed by atoms with Crippen molar-refractivity contribution in [3.63, 3.8) is 0 Å². The number of para-hydroxylation sites is 1. The number of unbranched alkanes of at least 4 members (excludes halogenated alkanes) is 2. The standard InChI is InChI=1S/C55H60N8O4/c1-53(2,3)41-32-38(20-28-46-45(36-58)52(40(34-56)35-57)67-55(46,6)7)51(66-44-26-18-37(19-27-44)14-13-31-64)39(33-41)21-29-49-54(4,5)47-15-10-11-16-48(47)63(49)30-12-8-9-17-50(65)60-42-22-24-43(25-23-42)61-62-59/h10-11,15-16,18-29,41,64H,8-9,12-14,17,30-33H2,1-7H3,(H,60,65)/b28-20+,39-21+,49-29+. The monoisotopic (exact) mass is 896 g/mol. The van der Waals surface area contributed by atoms with Gasteiger partial charge in [0, 0.05) is 58.2 Å². The average Bonchev–Trinajstić information content (AvgIpc) is 3.68. The van der Waals surface area contributed by atoms with Gasteiger partial charge in [0.2, 0.25) is 5.91 Å². The van der Waals surface area contributed by atoms with E-state index in [1.165, 1.54) is 11.3 Å². The zero-order chi connectivity index (χ0) is 48.4. The molecule has 12 heteroatoms. The van der Waals surface area contributed by atoms with Gasteiger partial charge in [0.05, 0.1) is 0 Å². The number of carbonyl (C=O) groups is 1. The molecule has 12 nitrogen and oxygen atoms in total. The van der Waals surface area contributed by atoms with E-state index in [1.54, 1.807) is 24.3 Å². The Bertz CT molecular complexity index is 2700. The zero-order valence-electron chi connectivity index (χ0n) is 39.7. The number of aliphatic hydroxyl groups is 1. The Morgan fingerprint density at radius 2 is 1.67 bits per heavy atom. The smallest absolute Gasteiger partial charge is 0.224 e. The number of hydrogen-bond donors (Lipinski definition) is 2. The molecule has 6 rings (SSSR count). The van der Waals surface area contributed by atoms with Crippen molar-refractivity contribution >= 4 is 23.0 Å². The molecule has 2 aliphatic heterocycles. The van der Waals surface area contributed by atoms with Crippen molar-refractivity contribution in [3.8, 4) is 24.0 Å². The van der Waals surface area contributed by atoms with Crippen LogP contribution in [0.2, 0.25) is 0 Å². The fourth-order valence-corrected chi connectivity index (χ4v) is 9.00. The number of aliphatic hydroxyl groups excluding tert-OH is 1. The molecule has 0 saturated carbocycles. The lowest BCUT2D eigenvalue weighted by molar-refractivity contribution is -0.116. The first-order valence-corrected chi connectivity index (χ1v) is 23.0. The molecule has 344 valence electrons. The van der Waals surface area contributed by atoms with E-state index in [2.05, 4.69) is 97.3 Å². The molecule has 0 spiro atoms. The average molecular weight is 897 g/mol. The van der Waals surface area contributed by atoms with E-state index in [0.717, 1.165) is 66.8 Å². The van der Waals surface area contributed by atoms with Crippen molar-refractivity contribution in [1.82, 2.24) is 0 Å². The minimum atomic E-state index is -0.981. The van der Waals surface area contributed by atoms with Crippen LogP contribution in [0.3, 0.4) is 0 Å². The number of aryl methyl sites for hydroxylation is 1. The van der Waals surface area contributed by atoms with Crippen LogP contribution < -0.4 is 15.0 Å². The molecule has 0 saturated heterocycles. The molecule has 0 aromatic heterocycles. The number of carbonyl (C=O) groups excluding carboxylic acids is 1. The van der Waals surface area contributed by atoms with Crippen molar-refractivity contribution in [2.24, 2.45) is 16.4 Å². The van der Waals surface area contributed by atoms with E-state index in [4.69, 9.17) is 15.0 Å². The van der Waals surface area contributed by atoms with Crippen molar-refractivity contribution in [2.75, 3.05) is 23.4 Å². The van der Waals surface area contributed by atoms with Crippen molar-refractivity contribution in [2.45, 2.75) is 111 Å². The summed E-state index contributed by atoms with van der Waals surface area (Å²) in [4.78, 5) is 18.0. The molecule has 0 fully saturated rings. The maximum absolute atomic E-state index is 12.8. The van der Waals surface area contributed by atoms with Crippen LogP contribution >= 0.6 is 0 Å². The summed E-state index contributed by atoms with van der Waals surface area (Å²) in [6.07, 6.45) is 14.1. The lowest BCUT2D eigenvalue weighted by Crippen LogP contribution is -2.28. The molecule has 3 aromatic carbocycles. The van der Waals surface area contributed by atoms with E-state index >= 15 is 0 Å². The molecule has 1 unspecified atom stereocenters. The third kappa shape index (κ3) is 11.6. The van der Waals surface area contributed by atoms with E-state index in [-0.39, 0.29) is 46.2 Å². The maximum Gasteiger partial charge on any atom is 0.224 e. The van der Waals surface area contributed by atoms with Crippen molar-refractivity contribution in [1.29, 1.82) is 15.8 Å². The lowest BCUT2D eigenvalue weighted by Gasteiger charge is -2.36. The van der Waals surface area contributed by atoms with E-state index in [9.17, 15) is 25.7 Å². The van der Waals surface area contributed by atoms with Crippen LogP contribution in [0, 0.1) is 45.3 Å². The van der Waals surface area contributed by atoms with Gasteiger partial charge in [-0.3, -0.25) is 4.79 Å². The molecule has 67 heavy (non-hydrogen) atoms. The Kier molecular flexibility index (Phi) is 15.7. The summed E-state index contributed by atoms with van der Waals surface area (Å²) in [6.45, 7) is 15.8. The number of azide groups is 1. The molecule has 1 atom stereocenters. The van der Waals surface area contributed by atoms with Gasteiger partial charge >= 0.3 is 0 Å². The minimum Gasteiger partial charge on any atom is -0.480 e. The molecule has 2 heterocycles. The highest BCUT2D eigenvalue weighted by Crippen LogP contribution is 2.49. The molecule has 3 aliphatic rings. The quantitative estimate of drug-likeness (QED) is 0.0466. The molecule has 0 radical (unpaired) electrons. The Morgan fingerprint density at radius 3 is 2.33 bits per heavy atom. The number of nitrogens with zero attached hydrogens (tertiary/aromatic N) is 7. The third-order valence-electron chi connectivity index (χ3n) is 12.9. The number of nitrogens with one attached hydrogen (secondary N) is 1. The summed E-state index contributed by atoms with van der Waals surface area (Å²) >= 11 is 0. The van der Waals surface area contributed by atoms with Crippen LogP contribution in [0.5, 0.6) is 5.75 Å². The second-order valence-electron chi connectivity index (χ2n) is 19.3. The molecular formula is C55H60N8O4. The third-order valence-corrected chi connectivity index (χ3v) is 12.9. The number of rotatable bonds is 16. The van der Waals surface area contributed by atoms with Gasteiger partial charge < -0.3 is 24.8 Å². The first-order valence-electron chi connectivity index (χ1n) is 23.0. The number of ether oxygens (including phenoxy) is 2. The van der Waals surface area contributed by atoms with Crippen LogP contribution in [-0.2, 0) is 21.4 Å². The Morgan fingerprint density at radius 1 is 0.955 bits per heavy atom. The number of amides is 1. The highest BCUT2D eigenvalue weighted by molar-refractivity contribution is 5.90. The number of allylic oxidation sites excluding steroid dienone is 8. The van der Waals surface area contributed by atoms with E-state index in [1.807, 2.05) is 62.4 Å². The number of hydrogen-bond acceptors (Lipinski definition) is 9. The maximum atomic E-state index is 12.8. The molecule has 0 bridgehead atoms. The minimum absolute atomic E-state index is 0.00505. The summed E-state index contributed by atoms with van der Waals surface area (Å²) in [7, 11) is 0. The number of anilines is 2. The topological polar surface area (TPSA) is 191 Å². The van der Waals surface area contributed by atoms with Gasteiger partial charge in [0.15, 0.2) is 11.3 Å². The van der Waals surface area contributed by atoms with Gasteiger partial charge in [-0.1, -0.05) is 107 Å². The second kappa shape index (κ2) is 21.3. The predicted octanol–water partition coefficient (Wildman–Crippen LogP) is 12.9. The van der Waals surface area contributed by atoms with Gasteiger partial charge in [-0.25, -0.2) is 0 Å². The number of benzene rings is 3. The van der Waals surface area contributed by atoms with Gasteiger partial charge in [-0.2, -0.15) is 15.8 Å². The summed E-state index contributed by atoms with van der Waals surface area (Å²) in [5, 5.41) is 45.7. The molecule has 2 N–H and O–H groups in total. The first kappa shape index (κ1) is 49.2. The van der Waals surface area contributed by atoms with Crippen LogP contribution in [-0.4, -0.2) is 29.8 Å². The summed E-state index contributed by atoms with van der Waals surface area (Å²) in [5.41, 5.74) is 15.6. The van der Waals surface area contributed by atoms with Gasteiger partial charge in [0.1, 0.15) is 40.9 Å². The van der Waals surface area contributed by atoms with Crippen molar-refractivity contribution in [3.05, 3.63) is 164 Å². The fraction of sp³-hybridized carbons (Fsp3) is 0.382. The highest BCUT2D eigenvalue weighted by Gasteiger charge is 2.41. The predicted molar refractivity (Wildman–Crippen MR) is 262 cm³/mol. The second-order valence-corrected chi connectivity index (χ2v) is 19.3. The Labute approximate surface area is 395 Å². The zero-order valence-corrected chi connectivity index (χ0v) is 39.7. The highest BCUT2D eigenvalue weighted by atomic mass is 16.5. The molecular weight excluding hydrogens is 837 g/mol. The van der Waals surface area contributed by atoms with Crippen molar-refractivity contribution < 1.29 is 19.4 Å². The number of nitriles is 3.